The van der Waals surface area contributed by atoms with Crippen LogP contribution in [0.1, 0.15) is 71.2 Å². The van der Waals surface area contributed by atoms with E-state index in [1.807, 2.05) is 0 Å². The third kappa shape index (κ3) is 3.78. The molecule has 0 radical (unpaired) electrons. The number of furan rings is 1. The van der Waals surface area contributed by atoms with Gasteiger partial charge in [0.2, 0.25) is 0 Å². The Bertz CT molecular complexity index is 2020. The molecule has 0 bridgehead atoms. The van der Waals surface area contributed by atoms with Gasteiger partial charge in [0.25, 0.3) is 0 Å². The summed E-state index contributed by atoms with van der Waals surface area (Å²) in [4.78, 5) is 0. The van der Waals surface area contributed by atoms with E-state index in [1.165, 1.54) is 55.3 Å². The second kappa shape index (κ2) is 9.57. The van der Waals surface area contributed by atoms with Crippen LogP contribution in [0.15, 0.2) is 150 Å². The fourth-order valence-electron chi connectivity index (χ4n) is 7.59. The van der Waals surface area contributed by atoms with Crippen molar-refractivity contribution < 1.29 is 4.42 Å². The SMILES string of the molecule is CC(C)(C)c1cc(C2c3ccccc3C(c3ccccc3)(c3ccccc3)c3ccccc32)cc2c1oc1ccccc12. The van der Waals surface area contributed by atoms with E-state index in [0.717, 1.165) is 11.2 Å². The van der Waals surface area contributed by atoms with Gasteiger partial charge < -0.3 is 4.42 Å². The summed E-state index contributed by atoms with van der Waals surface area (Å²) in [6, 6.07) is 53.6. The van der Waals surface area contributed by atoms with Crippen molar-refractivity contribution in [3.63, 3.8) is 0 Å². The maximum atomic E-state index is 6.54. The normalized spacial score (nSPS) is 14.5. The summed E-state index contributed by atoms with van der Waals surface area (Å²) < 4.78 is 6.54. The largest absolute Gasteiger partial charge is 0.456 e. The van der Waals surface area contributed by atoms with Crippen LogP contribution in [0.3, 0.4) is 0 Å². The van der Waals surface area contributed by atoms with Crippen LogP contribution in [0.25, 0.3) is 21.9 Å². The van der Waals surface area contributed by atoms with E-state index in [2.05, 4.69) is 166 Å². The molecule has 1 aliphatic carbocycles. The molecule has 1 heteroatoms. The monoisotopic (exact) mass is 554 g/mol. The lowest BCUT2D eigenvalue weighted by molar-refractivity contribution is 0.571. The molecule has 6 aromatic carbocycles. The Morgan fingerprint density at radius 1 is 0.535 bits per heavy atom. The van der Waals surface area contributed by atoms with Crippen LogP contribution in [0, 0.1) is 0 Å². The molecule has 0 unspecified atom stereocenters. The summed E-state index contributed by atoms with van der Waals surface area (Å²) in [7, 11) is 0. The van der Waals surface area contributed by atoms with Gasteiger partial charge in [-0.05, 0) is 56.5 Å². The van der Waals surface area contributed by atoms with Gasteiger partial charge in [-0.15, -0.1) is 0 Å². The summed E-state index contributed by atoms with van der Waals surface area (Å²) >= 11 is 0. The zero-order chi connectivity index (χ0) is 29.2. The van der Waals surface area contributed by atoms with Crippen molar-refractivity contribution in [1.82, 2.24) is 0 Å². The number of hydrogen-bond acceptors (Lipinski definition) is 1. The van der Waals surface area contributed by atoms with Crippen molar-refractivity contribution in [2.45, 2.75) is 37.5 Å². The third-order valence-electron chi connectivity index (χ3n) is 9.41. The van der Waals surface area contributed by atoms with E-state index >= 15 is 0 Å². The standard InChI is InChI=1S/C42H34O/c1-41(2,3)37-27-28(26-34-31-20-12-15-25-38(31)43-40(34)37)39-32-21-10-13-23-35(32)42(29-16-6-4-7-17-29,30-18-8-5-9-19-30)36-24-14-11-22-33(36)39/h4-27,39H,1-3H3. The topological polar surface area (TPSA) is 13.1 Å². The highest BCUT2D eigenvalue weighted by molar-refractivity contribution is 6.06. The highest BCUT2D eigenvalue weighted by Crippen LogP contribution is 2.56. The lowest BCUT2D eigenvalue weighted by Gasteiger charge is -2.45. The molecule has 0 amide bonds. The van der Waals surface area contributed by atoms with Crippen molar-refractivity contribution >= 4 is 21.9 Å². The molecular formula is C42H34O. The molecule has 0 saturated heterocycles. The quantitative estimate of drug-likeness (QED) is 0.212. The zero-order valence-corrected chi connectivity index (χ0v) is 24.8. The highest BCUT2D eigenvalue weighted by Gasteiger charge is 2.46. The lowest BCUT2D eigenvalue weighted by atomic mass is 9.57. The average molecular weight is 555 g/mol. The smallest absolute Gasteiger partial charge is 0.139 e. The Morgan fingerprint density at radius 3 is 1.63 bits per heavy atom. The molecule has 7 aromatic rings. The molecule has 1 heterocycles. The Labute approximate surface area is 253 Å². The molecule has 0 spiro atoms. The third-order valence-corrected chi connectivity index (χ3v) is 9.41. The maximum absolute atomic E-state index is 6.54. The average Bonchev–Trinajstić information content (AvgIpc) is 3.42. The minimum atomic E-state index is -0.439. The molecule has 8 rings (SSSR count). The fourth-order valence-corrected chi connectivity index (χ4v) is 7.59. The van der Waals surface area contributed by atoms with E-state index in [-0.39, 0.29) is 11.3 Å². The van der Waals surface area contributed by atoms with Crippen LogP contribution < -0.4 is 0 Å². The van der Waals surface area contributed by atoms with Crippen LogP contribution in [-0.4, -0.2) is 0 Å². The second-order valence-electron chi connectivity index (χ2n) is 12.9. The van der Waals surface area contributed by atoms with Gasteiger partial charge in [-0.3, -0.25) is 0 Å². The number of hydrogen-bond donors (Lipinski definition) is 0. The molecule has 1 aliphatic rings. The second-order valence-corrected chi connectivity index (χ2v) is 12.9. The molecule has 0 atom stereocenters. The minimum absolute atomic E-state index is 0.0760. The first kappa shape index (κ1) is 25.8. The number of rotatable bonds is 3. The van der Waals surface area contributed by atoms with Crippen LogP contribution in [0.5, 0.6) is 0 Å². The van der Waals surface area contributed by atoms with E-state index in [4.69, 9.17) is 4.42 Å². The summed E-state index contributed by atoms with van der Waals surface area (Å²) in [5.41, 5.74) is 11.9. The molecule has 1 nitrogen and oxygen atoms in total. The van der Waals surface area contributed by atoms with Crippen molar-refractivity contribution in [1.29, 1.82) is 0 Å². The molecule has 43 heavy (non-hydrogen) atoms. The van der Waals surface area contributed by atoms with Gasteiger partial charge in [0.1, 0.15) is 11.2 Å². The van der Waals surface area contributed by atoms with Crippen molar-refractivity contribution in [2.75, 3.05) is 0 Å². The number of fused-ring (bicyclic) bond motifs is 5. The summed E-state index contributed by atoms with van der Waals surface area (Å²) in [6.45, 7) is 6.87. The van der Waals surface area contributed by atoms with Crippen molar-refractivity contribution in [3.8, 4) is 0 Å². The molecule has 1 aromatic heterocycles. The van der Waals surface area contributed by atoms with E-state index in [9.17, 15) is 0 Å². The molecule has 0 N–H and O–H groups in total. The summed E-state index contributed by atoms with van der Waals surface area (Å²) in [6.07, 6.45) is 0. The molecule has 0 aliphatic heterocycles. The van der Waals surface area contributed by atoms with Gasteiger partial charge in [-0.25, -0.2) is 0 Å². The first-order chi connectivity index (χ1) is 21.0. The van der Waals surface area contributed by atoms with Crippen LogP contribution in [0.4, 0.5) is 0 Å². The molecule has 208 valence electrons. The Balaban J connectivity index is 1.50. The molecule has 0 saturated carbocycles. The highest BCUT2D eigenvalue weighted by atomic mass is 16.3. The van der Waals surface area contributed by atoms with Gasteiger partial charge in [-0.2, -0.15) is 0 Å². The van der Waals surface area contributed by atoms with Gasteiger partial charge in [0.05, 0.1) is 5.41 Å². The van der Waals surface area contributed by atoms with Crippen molar-refractivity contribution in [2.24, 2.45) is 0 Å². The van der Waals surface area contributed by atoms with Gasteiger partial charge in [0, 0.05) is 22.3 Å². The maximum Gasteiger partial charge on any atom is 0.139 e. The van der Waals surface area contributed by atoms with Crippen LogP contribution >= 0.6 is 0 Å². The lowest BCUT2D eigenvalue weighted by Crippen LogP contribution is -2.37. The Hall–Kier alpha value is -4.88. The van der Waals surface area contributed by atoms with E-state index in [0.29, 0.717) is 0 Å². The van der Waals surface area contributed by atoms with Gasteiger partial charge >= 0.3 is 0 Å². The summed E-state index contributed by atoms with van der Waals surface area (Å²) in [5.74, 6) is 0.0760. The van der Waals surface area contributed by atoms with Crippen molar-refractivity contribution in [3.05, 3.63) is 190 Å². The first-order valence-corrected chi connectivity index (χ1v) is 15.2. The number of para-hydroxylation sites is 1. The molecule has 0 fully saturated rings. The predicted octanol–water partition coefficient (Wildman–Crippen LogP) is 10.8. The number of benzene rings is 6. The van der Waals surface area contributed by atoms with Crippen LogP contribution in [-0.2, 0) is 10.8 Å². The van der Waals surface area contributed by atoms with Gasteiger partial charge in [0.15, 0.2) is 0 Å². The zero-order valence-electron chi connectivity index (χ0n) is 24.8. The first-order valence-electron chi connectivity index (χ1n) is 15.2. The molecular weight excluding hydrogens is 520 g/mol. The Kier molecular flexibility index (Phi) is 5.74. The van der Waals surface area contributed by atoms with E-state index in [1.54, 1.807) is 0 Å². The van der Waals surface area contributed by atoms with Crippen LogP contribution in [0.2, 0.25) is 0 Å². The predicted molar refractivity (Wildman–Crippen MR) is 178 cm³/mol. The Morgan fingerprint density at radius 2 is 1.05 bits per heavy atom. The summed E-state index contributed by atoms with van der Waals surface area (Å²) in [5, 5.41) is 2.36. The fraction of sp³-hybridized carbons (Fsp3) is 0.143. The van der Waals surface area contributed by atoms with Gasteiger partial charge in [-0.1, -0.05) is 154 Å². The minimum Gasteiger partial charge on any atom is -0.456 e. The van der Waals surface area contributed by atoms with E-state index < -0.39 is 5.41 Å².